The van der Waals surface area contributed by atoms with Crippen LogP contribution in [0.25, 0.3) is 0 Å². The van der Waals surface area contributed by atoms with Gasteiger partial charge in [-0.2, -0.15) is 0 Å². The topological polar surface area (TPSA) is 75.9 Å². The molecule has 6 nitrogen and oxygen atoms in total. The number of ether oxygens (including phenoxy) is 1. The van der Waals surface area contributed by atoms with Crippen LogP contribution in [-0.4, -0.2) is 55.1 Å². The summed E-state index contributed by atoms with van der Waals surface area (Å²) < 4.78 is 19.9. The van der Waals surface area contributed by atoms with Gasteiger partial charge in [-0.25, -0.2) is 9.18 Å². The van der Waals surface area contributed by atoms with Crippen LogP contribution in [0.1, 0.15) is 51.4 Å². The molecule has 0 radical (unpaired) electrons. The molecular weight excluding hydrogens is 445 g/mol. The molecule has 3 aliphatic rings. The fraction of sp³-hybridized carbons (Fsp3) is 0.600. The van der Waals surface area contributed by atoms with Crippen LogP contribution in [0.4, 0.5) is 10.1 Å². The van der Waals surface area contributed by atoms with Crippen molar-refractivity contribution in [2.45, 2.75) is 57.0 Å². The summed E-state index contributed by atoms with van der Waals surface area (Å²) in [4.78, 5) is 29.1. The maximum atomic E-state index is 14.2. The van der Waals surface area contributed by atoms with Crippen molar-refractivity contribution in [2.24, 2.45) is 11.7 Å². The van der Waals surface area contributed by atoms with Crippen molar-refractivity contribution in [3.8, 4) is 0 Å². The number of carbonyl (C=O) groups excluding carboxylic acids is 2. The van der Waals surface area contributed by atoms with Crippen molar-refractivity contribution in [2.75, 3.05) is 37.6 Å². The van der Waals surface area contributed by atoms with Gasteiger partial charge in [0.25, 0.3) is 5.91 Å². The second kappa shape index (κ2) is 10.4. The van der Waals surface area contributed by atoms with E-state index in [1.807, 2.05) is 6.08 Å². The van der Waals surface area contributed by atoms with Crippen molar-refractivity contribution < 1.29 is 18.7 Å². The molecule has 1 aromatic rings. The molecule has 4 rings (SSSR count). The van der Waals surface area contributed by atoms with Crippen molar-refractivity contribution in [3.05, 3.63) is 40.7 Å². The summed E-state index contributed by atoms with van der Waals surface area (Å²) in [6.45, 7) is 4.29. The second-order valence-electron chi connectivity index (χ2n) is 9.53. The normalized spacial score (nSPS) is 26.2. The number of anilines is 1. The maximum Gasteiger partial charge on any atom is 0.334 e. The molecule has 180 valence electrons. The molecule has 1 aromatic carbocycles. The Bertz CT molecular complexity index is 906. The monoisotopic (exact) mass is 477 g/mol. The smallest absolute Gasteiger partial charge is 0.334 e. The zero-order chi connectivity index (χ0) is 23.4. The Kier molecular flexibility index (Phi) is 7.59. The van der Waals surface area contributed by atoms with Crippen LogP contribution < -0.4 is 10.6 Å². The first-order chi connectivity index (χ1) is 15.9. The minimum absolute atomic E-state index is 0.277. The lowest BCUT2D eigenvalue weighted by atomic mass is 9.77. The Morgan fingerprint density at radius 2 is 1.91 bits per heavy atom. The van der Waals surface area contributed by atoms with Gasteiger partial charge in [-0.1, -0.05) is 17.7 Å². The summed E-state index contributed by atoms with van der Waals surface area (Å²) in [5.41, 5.74) is 5.81. The first kappa shape index (κ1) is 24.0. The van der Waals surface area contributed by atoms with Crippen LogP contribution in [0, 0.1) is 11.7 Å². The van der Waals surface area contributed by atoms with Gasteiger partial charge in [0.15, 0.2) is 5.60 Å². The third kappa shape index (κ3) is 5.69. The summed E-state index contributed by atoms with van der Waals surface area (Å²) in [5, 5.41) is 0.410. The van der Waals surface area contributed by atoms with Gasteiger partial charge in [0.1, 0.15) is 5.82 Å². The van der Waals surface area contributed by atoms with Gasteiger partial charge in [0, 0.05) is 36.8 Å². The summed E-state index contributed by atoms with van der Waals surface area (Å²) in [6, 6.07) is 4.83. The van der Waals surface area contributed by atoms with Crippen LogP contribution in [0.3, 0.4) is 0 Å². The number of carbonyl (C=O) groups is 2. The van der Waals surface area contributed by atoms with E-state index >= 15 is 0 Å². The van der Waals surface area contributed by atoms with Crippen molar-refractivity contribution in [1.29, 1.82) is 0 Å². The Morgan fingerprint density at radius 3 is 2.52 bits per heavy atom. The lowest BCUT2D eigenvalue weighted by Crippen LogP contribution is -2.50. The van der Waals surface area contributed by atoms with E-state index < -0.39 is 11.5 Å². The molecule has 1 saturated heterocycles. The zero-order valence-corrected chi connectivity index (χ0v) is 19.8. The third-order valence-electron chi connectivity index (χ3n) is 7.43. The van der Waals surface area contributed by atoms with Gasteiger partial charge in [-0.05, 0) is 82.0 Å². The number of benzene rings is 1. The molecule has 0 aromatic heterocycles. The molecule has 2 aliphatic carbocycles. The largest absolute Gasteiger partial charge is 0.446 e. The molecule has 8 heteroatoms. The van der Waals surface area contributed by atoms with E-state index in [4.69, 9.17) is 22.1 Å². The van der Waals surface area contributed by atoms with E-state index in [9.17, 15) is 14.0 Å². The molecule has 2 fully saturated rings. The summed E-state index contributed by atoms with van der Waals surface area (Å²) in [6.07, 6.45) is 8.14. The number of hydrogen-bond donors (Lipinski definition) is 1. The average molecular weight is 478 g/mol. The summed E-state index contributed by atoms with van der Waals surface area (Å²) in [5.74, 6) is -0.701. The van der Waals surface area contributed by atoms with Crippen molar-refractivity contribution >= 4 is 29.2 Å². The second-order valence-corrected chi connectivity index (χ2v) is 9.96. The van der Waals surface area contributed by atoms with Gasteiger partial charge in [-0.3, -0.25) is 9.69 Å². The number of allylic oxidation sites excluding steroid dienone is 1. The van der Waals surface area contributed by atoms with E-state index in [-0.39, 0.29) is 11.8 Å². The minimum atomic E-state index is -1.16. The number of amides is 1. The number of nitrogens with two attached hydrogens (primary N) is 1. The first-order valence-electron chi connectivity index (χ1n) is 12.0. The van der Waals surface area contributed by atoms with E-state index in [1.165, 1.54) is 6.07 Å². The van der Waals surface area contributed by atoms with Crippen LogP contribution >= 0.6 is 11.6 Å². The van der Waals surface area contributed by atoms with Gasteiger partial charge in [0.05, 0.1) is 5.69 Å². The molecule has 2 N–H and O–H groups in total. The van der Waals surface area contributed by atoms with Crippen molar-refractivity contribution in [3.63, 3.8) is 0 Å². The van der Waals surface area contributed by atoms with Gasteiger partial charge >= 0.3 is 5.97 Å². The number of esters is 1. The van der Waals surface area contributed by atoms with Gasteiger partial charge in [0.2, 0.25) is 0 Å². The number of halogens is 2. The van der Waals surface area contributed by atoms with Gasteiger partial charge < -0.3 is 15.4 Å². The number of rotatable bonds is 7. The Balaban J connectivity index is 1.22. The lowest BCUT2D eigenvalue weighted by Gasteiger charge is -2.39. The maximum absolute atomic E-state index is 14.2. The number of hydrogen-bond acceptors (Lipinski definition) is 5. The standard InChI is InChI=1S/C25H33ClFN3O3/c26-20-5-6-22(21(27)17-20)30-15-13-29(14-16-30)12-9-18-7-10-25(11-8-18,24(28)32)33-23(31)19-3-1-2-4-19/h3,5-6,17-18H,1-2,4,7-16H2,(H2,28,32). The fourth-order valence-corrected chi connectivity index (χ4v) is 5.40. The van der Waals surface area contributed by atoms with Crippen LogP contribution in [-0.2, 0) is 14.3 Å². The van der Waals surface area contributed by atoms with E-state index in [0.717, 1.165) is 64.8 Å². The van der Waals surface area contributed by atoms with Crippen molar-refractivity contribution in [1.82, 2.24) is 4.90 Å². The SMILES string of the molecule is NC(=O)C1(OC(=O)C2=CCCC2)CCC(CCN2CCN(c3ccc(Cl)cc3F)CC2)CC1. The summed E-state index contributed by atoms with van der Waals surface area (Å²) in [7, 11) is 0. The van der Waals surface area contributed by atoms with Crippen LogP contribution in [0.5, 0.6) is 0 Å². The highest BCUT2D eigenvalue weighted by Gasteiger charge is 2.44. The molecule has 1 saturated carbocycles. The van der Waals surface area contributed by atoms with Crippen LogP contribution in [0.2, 0.25) is 5.02 Å². The quantitative estimate of drug-likeness (QED) is 0.599. The average Bonchev–Trinajstić information content (AvgIpc) is 3.34. The third-order valence-corrected chi connectivity index (χ3v) is 7.66. The Labute approximate surface area is 199 Å². The molecule has 33 heavy (non-hydrogen) atoms. The number of piperazine rings is 1. The van der Waals surface area contributed by atoms with Gasteiger partial charge in [-0.15, -0.1) is 0 Å². The van der Waals surface area contributed by atoms with Crippen LogP contribution in [0.15, 0.2) is 29.8 Å². The van der Waals surface area contributed by atoms with E-state index in [0.29, 0.717) is 41.5 Å². The lowest BCUT2D eigenvalue weighted by molar-refractivity contribution is -0.168. The fourth-order valence-electron chi connectivity index (χ4n) is 5.25. The predicted octanol–water partition coefficient (Wildman–Crippen LogP) is 4.06. The molecule has 1 amide bonds. The number of primary amides is 1. The van der Waals surface area contributed by atoms with E-state index in [1.54, 1.807) is 12.1 Å². The molecule has 0 unspecified atom stereocenters. The zero-order valence-electron chi connectivity index (χ0n) is 19.0. The Morgan fingerprint density at radius 1 is 1.18 bits per heavy atom. The number of nitrogens with zero attached hydrogens (tertiary/aromatic N) is 2. The molecule has 1 heterocycles. The summed E-state index contributed by atoms with van der Waals surface area (Å²) >= 11 is 5.86. The molecule has 0 atom stereocenters. The van der Waals surface area contributed by atoms with E-state index in [2.05, 4.69) is 9.80 Å². The highest BCUT2D eigenvalue weighted by molar-refractivity contribution is 6.30. The highest BCUT2D eigenvalue weighted by atomic mass is 35.5. The Hall–Kier alpha value is -2.12. The first-order valence-corrected chi connectivity index (χ1v) is 12.4. The molecule has 1 aliphatic heterocycles. The molecular formula is C25H33ClFN3O3. The predicted molar refractivity (Wildman–Crippen MR) is 127 cm³/mol. The molecule has 0 spiro atoms. The highest BCUT2D eigenvalue weighted by Crippen LogP contribution is 2.37. The minimum Gasteiger partial charge on any atom is -0.446 e. The molecule has 0 bridgehead atoms.